The molecule has 0 aliphatic rings. The number of rotatable bonds is 10. The minimum Gasteiger partial charge on any atom is -0.391 e. The molecule has 0 aromatic rings. The third-order valence-corrected chi connectivity index (χ3v) is 3.06. The lowest BCUT2D eigenvalue weighted by molar-refractivity contribution is -0.574. The molecule has 0 aromatic carbocycles. The largest absolute Gasteiger partial charge is 0.527 e. The van der Waals surface area contributed by atoms with Gasteiger partial charge in [-0.05, 0) is 0 Å². The van der Waals surface area contributed by atoms with Crippen molar-refractivity contribution in [3.8, 4) is 0 Å². The normalized spacial score (nSPS) is 16.1. The molecule has 0 radical (unpaired) electrons. The Morgan fingerprint density at radius 1 is 0.368 bits per heavy atom. The summed E-state index contributed by atoms with van der Waals surface area (Å²) in [7, 11) is 0. The fourth-order valence-electron chi connectivity index (χ4n) is 1.40. The topological polar surface area (TPSA) is 54.0 Å². The van der Waals surface area contributed by atoms with Gasteiger partial charge in [0.15, 0.2) is 0 Å². The molecular formula is C11F22O5. The molecule has 0 bridgehead atoms. The smallest absolute Gasteiger partial charge is 0.391 e. The molecule has 0 aliphatic carbocycles. The van der Waals surface area contributed by atoms with E-state index in [2.05, 4.69) is 0 Å². The summed E-state index contributed by atoms with van der Waals surface area (Å²) in [5.41, 5.74) is -7.64. The van der Waals surface area contributed by atoms with Crippen LogP contribution in [0.25, 0.3) is 0 Å². The Balaban J connectivity index is 6.17. The molecule has 5 nitrogen and oxygen atoms in total. The van der Waals surface area contributed by atoms with Gasteiger partial charge in [-0.25, -0.2) is 23.4 Å². The maximum Gasteiger partial charge on any atom is 0.527 e. The highest BCUT2D eigenvalue weighted by molar-refractivity contribution is 5.82. The van der Waals surface area contributed by atoms with Gasteiger partial charge in [0, 0.05) is 0 Å². The van der Waals surface area contributed by atoms with Crippen LogP contribution in [0.3, 0.4) is 0 Å². The van der Waals surface area contributed by atoms with Crippen LogP contribution in [0.15, 0.2) is 0 Å². The maximum absolute atomic E-state index is 13.2. The van der Waals surface area contributed by atoms with E-state index in [1.807, 2.05) is 0 Å². The molecule has 228 valence electrons. The molecule has 38 heavy (non-hydrogen) atoms. The van der Waals surface area contributed by atoms with Gasteiger partial charge in [0.25, 0.3) is 0 Å². The zero-order chi connectivity index (χ0) is 31.4. The minimum absolute atomic E-state index is 1.20. The molecule has 0 N–H and O–H groups in total. The average molecular weight is 630 g/mol. The fourth-order valence-corrected chi connectivity index (χ4v) is 1.40. The van der Waals surface area contributed by atoms with Crippen molar-refractivity contribution in [2.24, 2.45) is 0 Å². The van der Waals surface area contributed by atoms with E-state index in [1.165, 1.54) is 18.9 Å². The van der Waals surface area contributed by atoms with Crippen LogP contribution in [-0.4, -0.2) is 67.0 Å². The minimum atomic E-state index is -7.94. The van der Waals surface area contributed by atoms with Gasteiger partial charge in [0.1, 0.15) is 0 Å². The van der Waals surface area contributed by atoms with Crippen molar-refractivity contribution in [1.29, 1.82) is 0 Å². The number of alkyl halides is 22. The van der Waals surface area contributed by atoms with Gasteiger partial charge in [-0.2, -0.15) is 79.0 Å². The SMILES string of the molecule is O=C(OC(F)(F)C(F)(F)OC(F)(F)C(F)(F)OC(F)(F)C(F)(F)OC(F)(F)F)C(F)(C(F)(F)F)C(F)(F)F. The summed E-state index contributed by atoms with van der Waals surface area (Å²) in [5.74, 6) is -5.12. The first-order valence-corrected chi connectivity index (χ1v) is 7.49. The second-order valence-electron chi connectivity index (χ2n) is 5.90. The molecule has 0 aromatic heterocycles. The number of carbonyl (C=O) groups is 1. The Bertz CT molecular complexity index is 837. The van der Waals surface area contributed by atoms with E-state index in [0.29, 0.717) is 0 Å². The summed E-state index contributed by atoms with van der Waals surface area (Å²) in [6, 6.07) is 0. The second-order valence-corrected chi connectivity index (χ2v) is 5.90. The van der Waals surface area contributed by atoms with Crippen molar-refractivity contribution < 1.29 is 120 Å². The quantitative estimate of drug-likeness (QED) is 0.204. The summed E-state index contributed by atoms with van der Waals surface area (Å²) in [6.45, 7) is 0. The van der Waals surface area contributed by atoms with Crippen LogP contribution >= 0.6 is 0 Å². The lowest BCUT2D eigenvalue weighted by atomic mass is 10.1. The van der Waals surface area contributed by atoms with Gasteiger partial charge in [0.2, 0.25) is 0 Å². The van der Waals surface area contributed by atoms with Crippen LogP contribution in [0.5, 0.6) is 0 Å². The third kappa shape index (κ3) is 7.06. The van der Waals surface area contributed by atoms with Crippen molar-refractivity contribution in [2.75, 3.05) is 0 Å². The molecule has 0 fully saturated rings. The zero-order valence-corrected chi connectivity index (χ0v) is 15.9. The highest BCUT2D eigenvalue weighted by atomic mass is 19.4. The Morgan fingerprint density at radius 2 is 0.605 bits per heavy atom. The number of halogens is 22. The average Bonchev–Trinajstić information content (AvgIpc) is 2.53. The van der Waals surface area contributed by atoms with Gasteiger partial charge in [-0.1, -0.05) is 0 Å². The van der Waals surface area contributed by atoms with Gasteiger partial charge in [-0.3, -0.25) is 0 Å². The molecule has 0 rings (SSSR count). The predicted molar refractivity (Wildman–Crippen MR) is 61.0 cm³/mol. The van der Waals surface area contributed by atoms with E-state index in [4.69, 9.17) is 0 Å². The first-order valence-electron chi connectivity index (χ1n) is 7.49. The lowest BCUT2D eigenvalue weighted by Gasteiger charge is -2.35. The van der Waals surface area contributed by atoms with Crippen LogP contribution in [0.4, 0.5) is 96.6 Å². The van der Waals surface area contributed by atoms with Crippen LogP contribution in [0, 0.1) is 0 Å². The molecule has 0 saturated heterocycles. The van der Waals surface area contributed by atoms with Crippen molar-refractivity contribution >= 4 is 5.97 Å². The van der Waals surface area contributed by atoms with Crippen LogP contribution in [0.2, 0.25) is 0 Å². The first kappa shape index (κ1) is 35.8. The number of esters is 1. The number of hydrogen-bond donors (Lipinski definition) is 0. The Morgan fingerprint density at radius 3 is 0.842 bits per heavy atom. The summed E-state index contributed by atoms with van der Waals surface area (Å²) in [6.07, 6.45) is -68.8. The van der Waals surface area contributed by atoms with E-state index in [9.17, 15) is 101 Å². The summed E-state index contributed by atoms with van der Waals surface area (Å²) >= 11 is 0. The van der Waals surface area contributed by atoms with E-state index >= 15 is 0 Å². The number of carbonyl (C=O) groups excluding carboxylic acids is 1. The molecule has 0 aliphatic heterocycles. The first-order chi connectivity index (χ1) is 16.0. The Labute approximate surface area is 189 Å². The molecular weight excluding hydrogens is 630 g/mol. The van der Waals surface area contributed by atoms with E-state index < -0.39 is 67.0 Å². The molecule has 0 saturated carbocycles. The highest BCUT2D eigenvalue weighted by Crippen LogP contribution is 2.52. The molecule has 0 atom stereocenters. The van der Waals surface area contributed by atoms with E-state index in [-0.39, 0.29) is 0 Å². The molecule has 0 spiro atoms. The Kier molecular flexibility index (Phi) is 8.93. The summed E-state index contributed by atoms with van der Waals surface area (Å²) in [4.78, 5) is 10.6. The standard InChI is InChI=1S/C11F22O5/c12-2(3(13,14)15,4(16,17)18)1(34)35-5(19,20)6(21,22)36-7(23,24)8(25,26)37-9(27,28)10(29,30)38-11(31,32)33. The lowest BCUT2D eigenvalue weighted by Crippen LogP contribution is -2.63. The molecule has 27 heteroatoms. The molecule has 0 amide bonds. The monoisotopic (exact) mass is 630 g/mol. The summed E-state index contributed by atoms with van der Waals surface area (Å²) < 4.78 is 282. The zero-order valence-electron chi connectivity index (χ0n) is 15.9. The third-order valence-electron chi connectivity index (χ3n) is 3.06. The van der Waals surface area contributed by atoms with Gasteiger partial charge < -0.3 is 4.74 Å². The molecule has 0 heterocycles. The summed E-state index contributed by atoms with van der Waals surface area (Å²) in [5, 5.41) is 0. The van der Waals surface area contributed by atoms with E-state index in [0.717, 1.165) is 0 Å². The van der Waals surface area contributed by atoms with Gasteiger partial charge >= 0.3 is 67.0 Å². The highest BCUT2D eigenvalue weighted by Gasteiger charge is 2.82. The fraction of sp³-hybridized carbons (Fsp3) is 0.909. The van der Waals surface area contributed by atoms with Gasteiger partial charge in [0.05, 0.1) is 0 Å². The van der Waals surface area contributed by atoms with E-state index in [1.54, 1.807) is 0 Å². The van der Waals surface area contributed by atoms with Crippen LogP contribution in [-0.2, 0) is 23.7 Å². The van der Waals surface area contributed by atoms with Crippen molar-refractivity contribution in [1.82, 2.24) is 0 Å². The molecule has 0 unspecified atom stereocenters. The second kappa shape index (κ2) is 9.47. The maximum atomic E-state index is 13.2. The van der Waals surface area contributed by atoms with Crippen molar-refractivity contribution in [2.45, 2.75) is 61.0 Å². The Hall–Kier alpha value is -2.19. The van der Waals surface area contributed by atoms with Crippen LogP contribution in [0.1, 0.15) is 0 Å². The van der Waals surface area contributed by atoms with Crippen LogP contribution < -0.4 is 0 Å². The number of hydrogen-bond acceptors (Lipinski definition) is 5. The van der Waals surface area contributed by atoms with Crippen molar-refractivity contribution in [3.63, 3.8) is 0 Å². The number of ether oxygens (including phenoxy) is 4. The van der Waals surface area contributed by atoms with Crippen molar-refractivity contribution in [3.05, 3.63) is 0 Å². The predicted octanol–water partition coefficient (Wildman–Crippen LogP) is 6.49. The van der Waals surface area contributed by atoms with Gasteiger partial charge in [-0.15, -0.1) is 13.2 Å².